The van der Waals surface area contributed by atoms with Gasteiger partial charge in [0.1, 0.15) is 0 Å². The van der Waals surface area contributed by atoms with E-state index in [-0.39, 0.29) is 0 Å². The molecule has 0 radical (unpaired) electrons. The van der Waals surface area contributed by atoms with Crippen LogP contribution in [0.5, 0.6) is 0 Å². The van der Waals surface area contributed by atoms with Gasteiger partial charge in [0.05, 0.1) is 0 Å². The summed E-state index contributed by atoms with van der Waals surface area (Å²) in [5.41, 5.74) is 1.34. The van der Waals surface area contributed by atoms with E-state index in [2.05, 4.69) is 25.9 Å². The Labute approximate surface area is 82.6 Å². The fraction of sp³-hybridized carbons (Fsp3) is 0.833. The second kappa shape index (κ2) is 5.43. The van der Waals surface area contributed by atoms with Crippen molar-refractivity contribution in [3.05, 3.63) is 12.2 Å². The quantitative estimate of drug-likeness (QED) is 0.657. The average Bonchev–Trinajstić information content (AvgIpc) is 2.15. The topological polar surface area (TPSA) is 12.0 Å². The van der Waals surface area contributed by atoms with Crippen LogP contribution in [0.2, 0.25) is 0 Å². The lowest BCUT2D eigenvalue weighted by Crippen LogP contribution is -2.31. The fourth-order valence-corrected chi connectivity index (χ4v) is 2.27. The molecule has 0 aliphatic heterocycles. The molecule has 2 unspecified atom stereocenters. The molecule has 0 aromatic rings. The summed E-state index contributed by atoms with van der Waals surface area (Å²) in [5, 5.41) is 3.40. The molecule has 76 valence electrons. The minimum absolute atomic E-state index is 0.781. The lowest BCUT2D eigenvalue weighted by atomic mass is 9.82. The predicted octanol–water partition coefficient (Wildman–Crippen LogP) is 3.12. The minimum Gasteiger partial charge on any atom is -0.317 e. The lowest BCUT2D eigenvalue weighted by molar-refractivity contribution is 0.282. The highest BCUT2D eigenvalue weighted by Crippen LogP contribution is 2.28. The molecule has 1 aliphatic carbocycles. The van der Waals surface area contributed by atoms with Crippen molar-refractivity contribution in [2.24, 2.45) is 5.92 Å². The molecule has 0 spiro atoms. The van der Waals surface area contributed by atoms with Crippen molar-refractivity contribution in [3.8, 4) is 0 Å². The molecule has 13 heavy (non-hydrogen) atoms. The van der Waals surface area contributed by atoms with Crippen molar-refractivity contribution in [2.75, 3.05) is 7.05 Å². The molecule has 0 saturated heterocycles. The van der Waals surface area contributed by atoms with Gasteiger partial charge in [0.15, 0.2) is 0 Å². The van der Waals surface area contributed by atoms with Crippen LogP contribution < -0.4 is 5.32 Å². The normalized spacial score (nSPS) is 28.8. The first-order valence-electron chi connectivity index (χ1n) is 5.54. The Bertz CT molecular complexity index is 163. The van der Waals surface area contributed by atoms with E-state index in [0.29, 0.717) is 0 Å². The van der Waals surface area contributed by atoms with Crippen molar-refractivity contribution >= 4 is 0 Å². The van der Waals surface area contributed by atoms with Gasteiger partial charge in [-0.2, -0.15) is 0 Å². The predicted molar refractivity (Wildman–Crippen MR) is 58.9 cm³/mol. The number of nitrogens with one attached hydrogen (secondary N) is 1. The molecule has 2 atom stereocenters. The summed E-state index contributed by atoms with van der Waals surface area (Å²) in [6, 6.07) is 0.781. The third-order valence-electron chi connectivity index (χ3n) is 3.17. The Morgan fingerprint density at radius 3 is 2.85 bits per heavy atom. The van der Waals surface area contributed by atoms with E-state index in [4.69, 9.17) is 0 Å². The Kier molecular flexibility index (Phi) is 4.51. The van der Waals surface area contributed by atoms with E-state index in [1.165, 1.54) is 44.1 Å². The number of rotatable bonds is 4. The van der Waals surface area contributed by atoms with Crippen LogP contribution in [-0.4, -0.2) is 13.1 Å². The molecule has 0 amide bonds. The molecule has 1 saturated carbocycles. The average molecular weight is 181 g/mol. The van der Waals surface area contributed by atoms with Crippen LogP contribution in [0.15, 0.2) is 12.2 Å². The van der Waals surface area contributed by atoms with Gasteiger partial charge in [-0.25, -0.2) is 0 Å². The van der Waals surface area contributed by atoms with E-state index in [1.807, 2.05) is 0 Å². The first kappa shape index (κ1) is 10.8. The highest BCUT2D eigenvalue weighted by atomic mass is 14.9. The molecule has 0 bridgehead atoms. The van der Waals surface area contributed by atoms with Crippen LogP contribution in [0.1, 0.15) is 45.4 Å². The SMILES string of the molecule is C=C(C)CCC1CCCC(NC)C1. The first-order valence-corrected chi connectivity index (χ1v) is 5.54. The van der Waals surface area contributed by atoms with Gasteiger partial charge in [0.2, 0.25) is 0 Å². The van der Waals surface area contributed by atoms with Crippen LogP contribution in [0.4, 0.5) is 0 Å². The summed E-state index contributed by atoms with van der Waals surface area (Å²) in [4.78, 5) is 0. The molecule has 0 aromatic carbocycles. The molecule has 0 heterocycles. The van der Waals surface area contributed by atoms with Crippen molar-refractivity contribution < 1.29 is 0 Å². The second-order valence-electron chi connectivity index (χ2n) is 4.51. The smallest absolute Gasteiger partial charge is 0.00667 e. The van der Waals surface area contributed by atoms with Gasteiger partial charge in [-0.15, -0.1) is 6.58 Å². The van der Waals surface area contributed by atoms with E-state index in [0.717, 1.165) is 12.0 Å². The molecule has 1 N–H and O–H groups in total. The minimum atomic E-state index is 0.781. The molecular formula is C12H23N. The Balaban J connectivity index is 2.21. The molecule has 1 fully saturated rings. The molecular weight excluding hydrogens is 158 g/mol. The zero-order valence-corrected chi connectivity index (χ0v) is 9.10. The zero-order valence-electron chi connectivity index (χ0n) is 9.10. The maximum absolute atomic E-state index is 3.96. The third kappa shape index (κ3) is 3.95. The molecule has 0 aromatic heterocycles. The van der Waals surface area contributed by atoms with Crippen molar-refractivity contribution in [1.29, 1.82) is 0 Å². The number of hydrogen-bond donors (Lipinski definition) is 1. The van der Waals surface area contributed by atoms with Gasteiger partial charge >= 0.3 is 0 Å². The first-order chi connectivity index (χ1) is 6.22. The zero-order chi connectivity index (χ0) is 9.68. The number of allylic oxidation sites excluding steroid dienone is 1. The van der Waals surface area contributed by atoms with Gasteiger partial charge < -0.3 is 5.32 Å². The summed E-state index contributed by atoms with van der Waals surface area (Å²) in [7, 11) is 2.09. The standard InChI is InChI=1S/C12H23N/c1-10(2)7-8-11-5-4-6-12(9-11)13-3/h11-13H,1,4-9H2,2-3H3. The number of hydrogen-bond acceptors (Lipinski definition) is 1. The van der Waals surface area contributed by atoms with Crippen LogP contribution in [0, 0.1) is 5.92 Å². The molecule has 1 aliphatic rings. The molecule has 1 heteroatoms. The van der Waals surface area contributed by atoms with Gasteiger partial charge in [-0.1, -0.05) is 18.4 Å². The van der Waals surface area contributed by atoms with Gasteiger partial charge in [0, 0.05) is 6.04 Å². The van der Waals surface area contributed by atoms with Crippen molar-refractivity contribution in [1.82, 2.24) is 5.32 Å². The monoisotopic (exact) mass is 181 g/mol. The van der Waals surface area contributed by atoms with Crippen LogP contribution in [0.25, 0.3) is 0 Å². The summed E-state index contributed by atoms with van der Waals surface area (Å²) >= 11 is 0. The highest BCUT2D eigenvalue weighted by molar-refractivity contribution is 4.89. The summed E-state index contributed by atoms with van der Waals surface area (Å²) in [5.74, 6) is 0.947. The summed E-state index contributed by atoms with van der Waals surface area (Å²) < 4.78 is 0. The van der Waals surface area contributed by atoms with Crippen LogP contribution in [-0.2, 0) is 0 Å². The van der Waals surface area contributed by atoms with E-state index < -0.39 is 0 Å². The molecule has 1 rings (SSSR count). The largest absolute Gasteiger partial charge is 0.317 e. The summed E-state index contributed by atoms with van der Waals surface area (Å²) in [6.45, 7) is 6.10. The third-order valence-corrected chi connectivity index (χ3v) is 3.17. The summed E-state index contributed by atoms with van der Waals surface area (Å²) in [6.07, 6.45) is 8.18. The van der Waals surface area contributed by atoms with Crippen LogP contribution >= 0.6 is 0 Å². The van der Waals surface area contributed by atoms with E-state index >= 15 is 0 Å². The van der Waals surface area contributed by atoms with Crippen molar-refractivity contribution in [2.45, 2.75) is 51.5 Å². The maximum Gasteiger partial charge on any atom is 0.00667 e. The Morgan fingerprint density at radius 1 is 1.46 bits per heavy atom. The van der Waals surface area contributed by atoms with Crippen molar-refractivity contribution in [3.63, 3.8) is 0 Å². The van der Waals surface area contributed by atoms with Gasteiger partial charge in [-0.05, 0) is 45.6 Å². The van der Waals surface area contributed by atoms with Crippen LogP contribution in [0.3, 0.4) is 0 Å². The van der Waals surface area contributed by atoms with E-state index in [9.17, 15) is 0 Å². The Morgan fingerprint density at radius 2 is 2.23 bits per heavy atom. The van der Waals surface area contributed by atoms with Gasteiger partial charge in [-0.3, -0.25) is 0 Å². The highest BCUT2D eigenvalue weighted by Gasteiger charge is 2.19. The fourth-order valence-electron chi connectivity index (χ4n) is 2.27. The maximum atomic E-state index is 3.96. The second-order valence-corrected chi connectivity index (χ2v) is 4.51. The lowest BCUT2D eigenvalue weighted by Gasteiger charge is -2.28. The van der Waals surface area contributed by atoms with E-state index in [1.54, 1.807) is 0 Å². The van der Waals surface area contributed by atoms with Gasteiger partial charge in [0.25, 0.3) is 0 Å². The Hall–Kier alpha value is -0.300. The molecule has 1 nitrogen and oxygen atoms in total.